The Morgan fingerprint density at radius 2 is 2.53 bits per heavy atom. The average Bonchev–Trinajstić information content (AvgIpc) is 2.90. The van der Waals surface area contributed by atoms with Crippen LogP contribution in [0.3, 0.4) is 0 Å². The van der Waals surface area contributed by atoms with E-state index < -0.39 is 0 Å². The van der Waals surface area contributed by atoms with E-state index in [-0.39, 0.29) is 12.1 Å². The van der Waals surface area contributed by atoms with Crippen molar-refractivity contribution < 1.29 is 9.47 Å². The van der Waals surface area contributed by atoms with Crippen LogP contribution in [0.15, 0.2) is 12.4 Å². The summed E-state index contributed by atoms with van der Waals surface area (Å²) in [6.07, 6.45) is 4.78. The highest BCUT2D eigenvalue weighted by Gasteiger charge is 2.22. The molecule has 3 atom stereocenters. The zero-order valence-corrected chi connectivity index (χ0v) is 10.5. The first-order chi connectivity index (χ1) is 8.16. The van der Waals surface area contributed by atoms with Gasteiger partial charge in [-0.15, -0.1) is 0 Å². The third kappa shape index (κ3) is 3.28. The van der Waals surface area contributed by atoms with Gasteiger partial charge >= 0.3 is 0 Å². The van der Waals surface area contributed by atoms with E-state index in [0.717, 1.165) is 25.2 Å². The number of ether oxygens (including phenoxy) is 2. The number of hydrogen-bond donors (Lipinski definition) is 1. The van der Waals surface area contributed by atoms with Gasteiger partial charge in [-0.3, -0.25) is 4.68 Å². The number of nitrogens with zero attached hydrogens (tertiary/aromatic N) is 2. The third-order valence-corrected chi connectivity index (χ3v) is 3.07. The molecule has 0 spiro atoms. The summed E-state index contributed by atoms with van der Waals surface area (Å²) in [5.41, 5.74) is 7.01. The maximum Gasteiger partial charge on any atom is 0.100 e. The van der Waals surface area contributed by atoms with Crippen LogP contribution in [-0.4, -0.2) is 35.6 Å². The highest BCUT2D eigenvalue weighted by Crippen LogP contribution is 2.22. The van der Waals surface area contributed by atoms with E-state index in [4.69, 9.17) is 15.2 Å². The van der Waals surface area contributed by atoms with Crippen LogP contribution in [0.5, 0.6) is 0 Å². The smallest absolute Gasteiger partial charge is 0.100 e. The standard InChI is InChI=1S/C12H21N3O2/c1-9(13)12(11-5-14-15(2)6-11)17-8-10-3-4-16-7-10/h5-6,9-10,12H,3-4,7-8,13H2,1-2H3. The molecule has 2 N–H and O–H groups in total. The van der Waals surface area contributed by atoms with Gasteiger partial charge in [0.1, 0.15) is 6.10 Å². The Morgan fingerprint density at radius 1 is 1.71 bits per heavy atom. The molecule has 2 rings (SSSR count). The Bertz CT molecular complexity index is 345. The summed E-state index contributed by atoms with van der Waals surface area (Å²) in [4.78, 5) is 0. The molecule has 1 saturated heterocycles. The molecule has 2 heterocycles. The van der Waals surface area contributed by atoms with Crippen molar-refractivity contribution in [2.45, 2.75) is 25.5 Å². The van der Waals surface area contributed by atoms with E-state index in [1.165, 1.54) is 0 Å². The van der Waals surface area contributed by atoms with Crippen LogP contribution < -0.4 is 5.73 Å². The predicted molar refractivity (Wildman–Crippen MR) is 64.5 cm³/mol. The van der Waals surface area contributed by atoms with Crippen LogP contribution in [0.1, 0.15) is 25.0 Å². The molecule has 0 amide bonds. The Hall–Kier alpha value is -0.910. The van der Waals surface area contributed by atoms with E-state index in [1.807, 2.05) is 26.4 Å². The highest BCUT2D eigenvalue weighted by molar-refractivity contribution is 5.10. The minimum atomic E-state index is -0.0794. The molecule has 1 aliphatic heterocycles. The van der Waals surface area contributed by atoms with Crippen LogP contribution in [-0.2, 0) is 16.5 Å². The van der Waals surface area contributed by atoms with Crippen LogP contribution >= 0.6 is 0 Å². The number of nitrogens with two attached hydrogens (primary N) is 1. The van der Waals surface area contributed by atoms with Crippen molar-refractivity contribution in [3.05, 3.63) is 18.0 Å². The second-order valence-corrected chi connectivity index (χ2v) is 4.79. The van der Waals surface area contributed by atoms with Crippen molar-refractivity contribution in [1.29, 1.82) is 0 Å². The molecule has 3 unspecified atom stereocenters. The lowest BCUT2D eigenvalue weighted by Crippen LogP contribution is -2.28. The molecule has 0 aliphatic carbocycles. The van der Waals surface area contributed by atoms with Crippen molar-refractivity contribution in [3.8, 4) is 0 Å². The summed E-state index contributed by atoms with van der Waals surface area (Å²) in [6, 6.07) is -0.0403. The van der Waals surface area contributed by atoms with Gasteiger partial charge in [-0.1, -0.05) is 0 Å². The minimum absolute atomic E-state index is 0.0403. The molecule has 5 nitrogen and oxygen atoms in total. The molecular formula is C12H21N3O2. The number of aromatic nitrogens is 2. The molecule has 96 valence electrons. The van der Waals surface area contributed by atoms with Crippen LogP contribution in [0.25, 0.3) is 0 Å². The van der Waals surface area contributed by atoms with Gasteiger partial charge < -0.3 is 15.2 Å². The lowest BCUT2D eigenvalue weighted by Gasteiger charge is -2.21. The third-order valence-electron chi connectivity index (χ3n) is 3.07. The number of rotatable bonds is 5. The lowest BCUT2D eigenvalue weighted by molar-refractivity contribution is 0.0134. The Labute approximate surface area is 102 Å². The van der Waals surface area contributed by atoms with Gasteiger partial charge in [0, 0.05) is 37.4 Å². The fraction of sp³-hybridized carbons (Fsp3) is 0.750. The second kappa shape index (κ2) is 5.62. The molecule has 5 heteroatoms. The lowest BCUT2D eigenvalue weighted by atomic mass is 10.1. The van der Waals surface area contributed by atoms with E-state index in [0.29, 0.717) is 12.5 Å². The normalized spacial score (nSPS) is 23.8. The molecule has 0 radical (unpaired) electrons. The summed E-state index contributed by atoms with van der Waals surface area (Å²) >= 11 is 0. The van der Waals surface area contributed by atoms with E-state index in [2.05, 4.69) is 5.10 Å². The monoisotopic (exact) mass is 239 g/mol. The van der Waals surface area contributed by atoms with Crippen LogP contribution in [0.2, 0.25) is 0 Å². The van der Waals surface area contributed by atoms with Gasteiger partial charge in [-0.25, -0.2) is 0 Å². The van der Waals surface area contributed by atoms with Crippen LogP contribution in [0, 0.1) is 5.92 Å². The SMILES string of the molecule is CC(N)C(OCC1CCOC1)c1cnn(C)c1. The molecule has 1 aliphatic rings. The molecule has 0 saturated carbocycles. The molecule has 0 bridgehead atoms. The Kier molecular flexibility index (Phi) is 4.15. The average molecular weight is 239 g/mol. The van der Waals surface area contributed by atoms with E-state index in [9.17, 15) is 0 Å². The van der Waals surface area contributed by atoms with Gasteiger partial charge in [0.2, 0.25) is 0 Å². The second-order valence-electron chi connectivity index (χ2n) is 4.79. The Morgan fingerprint density at radius 3 is 3.06 bits per heavy atom. The maximum absolute atomic E-state index is 5.97. The van der Waals surface area contributed by atoms with Crippen molar-refractivity contribution in [2.24, 2.45) is 18.7 Å². The first-order valence-electron chi connectivity index (χ1n) is 6.10. The fourth-order valence-corrected chi connectivity index (χ4v) is 2.09. The predicted octanol–water partition coefficient (Wildman–Crippen LogP) is 0.861. The molecule has 0 aromatic carbocycles. The van der Waals surface area contributed by atoms with Gasteiger partial charge in [0.25, 0.3) is 0 Å². The van der Waals surface area contributed by atoms with E-state index in [1.54, 1.807) is 4.68 Å². The molecule has 1 fully saturated rings. The molecule has 1 aromatic heterocycles. The zero-order chi connectivity index (χ0) is 12.3. The summed E-state index contributed by atoms with van der Waals surface area (Å²) in [7, 11) is 1.90. The summed E-state index contributed by atoms with van der Waals surface area (Å²) < 4.78 is 13.0. The summed E-state index contributed by atoms with van der Waals surface area (Å²) in [6.45, 7) is 4.33. The molecule has 1 aromatic rings. The molecule has 17 heavy (non-hydrogen) atoms. The first-order valence-corrected chi connectivity index (χ1v) is 6.10. The van der Waals surface area contributed by atoms with Crippen molar-refractivity contribution in [1.82, 2.24) is 9.78 Å². The fourth-order valence-electron chi connectivity index (χ4n) is 2.09. The minimum Gasteiger partial charge on any atom is -0.381 e. The summed E-state index contributed by atoms with van der Waals surface area (Å²) in [5, 5.41) is 4.16. The van der Waals surface area contributed by atoms with E-state index >= 15 is 0 Å². The Balaban J connectivity index is 1.92. The highest BCUT2D eigenvalue weighted by atomic mass is 16.5. The molecular weight excluding hydrogens is 218 g/mol. The maximum atomic E-state index is 5.97. The van der Waals surface area contributed by atoms with Crippen LogP contribution in [0.4, 0.5) is 0 Å². The number of hydrogen-bond acceptors (Lipinski definition) is 4. The van der Waals surface area contributed by atoms with Gasteiger partial charge in [-0.2, -0.15) is 5.10 Å². The largest absolute Gasteiger partial charge is 0.381 e. The van der Waals surface area contributed by atoms with Crippen molar-refractivity contribution >= 4 is 0 Å². The zero-order valence-electron chi connectivity index (χ0n) is 10.5. The number of aryl methyl sites for hydroxylation is 1. The van der Waals surface area contributed by atoms with Gasteiger partial charge in [-0.05, 0) is 13.3 Å². The van der Waals surface area contributed by atoms with Gasteiger partial charge in [0.15, 0.2) is 0 Å². The first kappa shape index (κ1) is 12.5. The summed E-state index contributed by atoms with van der Waals surface area (Å²) in [5.74, 6) is 0.507. The van der Waals surface area contributed by atoms with Crippen molar-refractivity contribution in [2.75, 3.05) is 19.8 Å². The topological polar surface area (TPSA) is 62.3 Å². The van der Waals surface area contributed by atoms with Crippen molar-refractivity contribution in [3.63, 3.8) is 0 Å². The van der Waals surface area contributed by atoms with Gasteiger partial charge in [0.05, 0.1) is 19.4 Å². The quantitative estimate of drug-likeness (QED) is 0.828.